The summed E-state index contributed by atoms with van der Waals surface area (Å²) in [4.78, 5) is 4.18. The van der Waals surface area contributed by atoms with Crippen molar-refractivity contribution in [2.45, 2.75) is 51.1 Å². The molecule has 0 atom stereocenters. The van der Waals surface area contributed by atoms with Gasteiger partial charge < -0.3 is 10.1 Å². The molecule has 2 fully saturated rings. The van der Waals surface area contributed by atoms with Crippen LogP contribution in [0.1, 0.15) is 44.1 Å². The van der Waals surface area contributed by atoms with Crippen molar-refractivity contribution < 1.29 is 4.74 Å². The third-order valence-corrected chi connectivity index (χ3v) is 3.98. The van der Waals surface area contributed by atoms with Crippen LogP contribution in [0.5, 0.6) is 5.75 Å². The van der Waals surface area contributed by atoms with Crippen molar-refractivity contribution in [2.75, 3.05) is 6.61 Å². The largest absolute Gasteiger partial charge is 0.491 e. The first kappa shape index (κ1) is 12.0. The molecule has 2 aliphatic rings. The lowest BCUT2D eigenvalue weighted by Gasteiger charge is -2.14. The first-order chi connectivity index (χ1) is 8.92. The summed E-state index contributed by atoms with van der Waals surface area (Å²) in [6.45, 7) is 1.77. The minimum atomic E-state index is 0.737. The van der Waals surface area contributed by atoms with Crippen molar-refractivity contribution >= 4 is 0 Å². The van der Waals surface area contributed by atoms with E-state index in [0.717, 1.165) is 30.9 Å². The Morgan fingerprint density at radius 2 is 2.06 bits per heavy atom. The number of hydrogen-bond donors (Lipinski definition) is 1. The monoisotopic (exact) mass is 246 g/mol. The van der Waals surface area contributed by atoms with E-state index >= 15 is 0 Å². The molecule has 98 valence electrons. The zero-order valence-electron chi connectivity index (χ0n) is 10.9. The van der Waals surface area contributed by atoms with E-state index in [0.29, 0.717) is 0 Å². The van der Waals surface area contributed by atoms with Crippen LogP contribution in [0.15, 0.2) is 18.5 Å². The quantitative estimate of drug-likeness (QED) is 0.838. The van der Waals surface area contributed by atoms with Gasteiger partial charge in [-0.1, -0.05) is 12.8 Å². The Morgan fingerprint density at radius 1 is 1.22 bits per heavy atom. The highest BCUT2D eigenvalue weighted by Gasteiger charge is 2.21. The summed E-state index contributed by atoms with van der Waals surface area (Å²) in [5.41, 5.74) is 1.25. The topological polar surface area (TPSA) is 34.1 Å². The van der Waals surface area contributed by atoms with Crippen LogP contribution in [-0.2, 0) is 6.54 Å². The van der Waals surface area contributed by atoms with Crippen molar-refractivity contribution in [3.8, 4) is 5.75 Å². The van der Waals surface area contributed by atoms with Crippen molar-refractivity contribution in [3.05, 3.63) is 24.0 Å². The normalized spacial score (nSPS) is 20.2. The fourth-order valence-electron chi connectivity index (χ4n) is 2.61. The van der Waals surface area contributed by atoms with Gasteiger partial charge in [-0.25, -0.2) is 0 Å². The van der Waals surface area contributed by atoms with Crippen LogP contribution in [0.3, 0.4) is 0 Å². The van der Waals surface area contributed by atoms with Crippen molar-refractivity contribution in [3.63, 3.8) is 0 Å². The van der Waals surface area contributed by atoms with E-state index in [1.54, 1.807) is 0 Å². The molecule has 1 aromatic heterocycles. The molecule has 0 radical (unpaired) electrons. The number of pyridine rings is 1. The fraction of sp³-hybridized carbons (Fsp3) is 0.667. The SMILES string of the molecule is c1cc(CNC2CC2)c(OCC2CCCC2)cn1. The molecule has 2 saturated carbocycles. The number of aromatic nitrogens is 1. The number of rotatable bonds is 6. The molecule has 0 aliphatic heterocycles. The van der Waals surface area contributed by atoms with Crippen molar-refractivity contribution in [1.29, 1.82) is 0 Å². The molecular weight excluding hydrogens is 224 g/mol. The average Bonchev–Trinajstić information content (AvgIpc) is 3.09. The molecular formula is C15H22N2O. The van der Waals surface area contributed by atoms with Crippen LogP contribution >= 0.6 is 0 Å². The Labute approximate surface area is 109 Å². The van der Waals surface area contributed by atoms with Crippen LogP contribution in [0, 0.1) is 5.92 Å². The highest BCUT2D eigenvalue weighted by molar-refractivity contribution is 5.29. The van der Waals surface area contributed by atoms with E-state index in [4.69, 9.17) is 4.74 Å². The maximum atomic E-state index is 5.97. The molecule has 1 aromatic rings. The van der Waals surface area contributed by atoms with E-state index in [1.807, 2.05) is 12.4 Å². The van der Waals surface area contributed by atoms with Crippen LogP contribution < -0.4 is 10.1 Å². The number of nitrogens with one attached hydrogen (secondary N) is 1. The minimum Gasteiger partial charge on any atom is -0.491 e. The van der Waals surface area contributed by atoms with E-state index in [1.165, 1.54) is 44.1 Å². The zero-order chi connectivity index (χ0) is 12.2. The summed E-state index contributed by atoms with van der Waals surface area (Å²) < 4.78 is 5.97. The molecule has 1 heterocycles. The van der Waals surface area contributed by atoms with Crippen molar-refractivity contribution in [1.82, 2.24) is 10.3 Å². The second-order valence-electron chi connectivity index (χ2n) is 5.60. The Kier molecular flexibility index (Phi) is 3.79. The first-order valence-electron chi connectivity index (χ1n) is 7.21. The Morgan fingerprint density at radius 3 is 2.83 bits per heavy atom. The highest BCUT2D eigenvalue weighted by Crippen LogP contribution is 2.27. The minimum absolute atomic E-state index is 0.737. The predicted molar refractivity (Wildman–Crippen MR) is 71.6 cm³/mol. The summed E-state index contributed by atoms with van der Waals surface area (Å²) >= 11 is 0. The summed E-state index contributed by atoms with van der Waals surface area (Å²) in [5.74, 6) is 1.73. The van der Waals surface area contributed by atoms with Gasteiger partial charge in [-0.15, -0.1) is 0 Å². The molecule has 1 N–H and O–H groups in total. The molecule has 0 saturated heterocycles. The standard InChI is InChI=1S/C15H22N2O/c1-2-4-12(3-1)11-18-15-10-16-8-7-13(15)9-17-14-5-6-14/h7-8,10,12,14,17H,1-6,9,11H2. The van der Waals surface area contributed by atoms with Gasteiger partial charge in [-0.2, -0.15) is 0 Å². The van der Waals surface area contributed by atoms with Gasteiger partial charge in [0.2, 0.25) is 0 Å². The molecule has 0 aromatic carbocycles. The third-order valence-electron chi connectivity index (χ3n) is 3.98. The second-order valence-corrected chi connectivity index (χ2v) is 5.60. The van der Waals surface area contributed by atoms with Gasteiger partial charge in [0.25, 0.3) is 0 Å². The Bertz CT molecular complexity index is 384. The smallest absolute Gasteiger partial charge is 0.142 e. The molecule has 3 heteroatoms. The van der Waals surface area contributed by atoms with Gasteiger partial charge in [0.05, 0.1) is 12.8 Å². The highest BCUT2D eigenvalue weighted by atomic mass is 16.5. The van der Waals surface area contributed by atoms with E-state index in [9.17, 15) is 0 Å². The van der Waals surface area contributed by atoms with Gasteiger partial charge in [-0.3, -0.25) is 4.98 Å². The predicted octanol–water partition coefficient (Wildman–Crippen LogP) is 2.90. The molecule has 3 nitrogen and oxygen atoms in total. The molecule has 0 amide bonds. The molecule has 18 heavy (non-hydrogen) atoms. The lowest BCUT2D eigenvalue weighted by Crippen LogP contribution is -2.17. The molecule has 3 rings (SSSR count). The van der Waals surface area contributed by atoms with Gasteiger partial charge in [0.1, 0.15) is 5.75 Å². The van der Waals surface area contributed by atoms with Gasteiger partial charge in [0, 0.05) is 24.3 Å². The fourth-order valence-corrected chi connectivity index (χ4v) is 2.61. The molecule has 0 unspecified atom stereocenters. The maximum Gasteiger partial charge on any atom is 0.142 e. The van der Waals surface area contributed by atoms with Gasteiger partial charge >= 0.3 is 0 Å². The summed E-state index contributed by atoms with van der Waals surface area (Å²) in [6.07, 6.45) is 11.8. The second kappa shape index (κ2) is 5.70. The Hall–Kier alpha value is -1.09. The summed E-state index contributed by atoms with van der Waals surface area (Å²) in [7, 11) is 0. The van der Waals surface area contributed by atoms with Crippen LogP contribution in [0.4, 0.5) is 0 Å². The lowest BCUT2D eigenvalue weighted by atomic mass is 10.1. The number of nitrogens with zero attached hydrogens (tertiary/aromatic N) is 1. The first-order valence-corrected chi connectivity index (χ1v) is 7.21. The van der Waals surface area contributed by atoms with Gasteiger partial charge in [0.15, 0.2) is 0 Å². The average molecular weight is 246 g/mol. The van der Waals surface area contributed by atoms with Crippen LogP contribution in [0.2, 0.25) is 0 Å². The molecule has 2 aliphatic carbocycles. The maximum absolute atomic E-state index is 5.97. The van der Waals surface area contributed by atoms with E-state index in [-0.39, 0.29) is 0 Å². The van der Waals surface area contributed by atoms with E-state index in [2.05, 4.69) is 16.4 Å². The summed E-state index contributed by atoms with van der Waals surface area (Å²) in [5, 5.41) is 3.53. The number of hydrogen-bond acceptors (Lipinski definition) is 3. The number of ether oxygens (including phenoxy) is 1. The Balaban J connectivity index is 1.55. The summed E-state index contributed by atoms with van der Waals surface area (Å²) in [6, 6.07) is 2.81. The van der Waals surface area contributed by atoms with Crippen LogP contribution in [-0.4, -0.2) is 17.6 Å². The third kappa shape index (κ3) is 3.22. The molecule has 0 bridgehead atoms. The van der Waals surface area contributed by atoms with Crippen LogP contribution in [0.25, 0.3) is 0 Å². The lowest BCUT2D eigenvalue weighted by molar-refractivity contribution is 0.248. The van der Waals surface area contributed by atoms with Gasteiger partial charge in [-0.05, 0) is 37.7 Å². The van der Waals surface area contributed by atoms with E-state index < -0.39 is 0 Å². The molecule has 0 spiro atoms. The zero-order valence-corrected chi connectivity index (χ0v) is 10.9. The van der Waals surface area contributed by atoms with Crippen molar-refractivity contribution in [2.24, 2.45) is 5.92 Å².